The zero-order chi connectivity index (χ0) is 16.2. The Kier molecular flexibility index (Phi) is 4.53. The Labute approximate surface area is 137 Å². The number of carboxylic acids is 1. The van der Waals surface area contributed by atoms with Gasteiger partial charge in [0.1, 0.15) is 5.82 Å². The van der Waals surface area contributed by atoms with E-state index in [2.05, 4.69) is 0 Å². The molecule has 3 rings (SSSR count). The van der Waals surface area contributed by atoms with E-state index >= 15 is 0 Å². The van der Waals surface area contributed by atoms with Crippen molar-refractivity contribution >= 4 is 17.3 Å². The molecule has 3 aromatic rings. The SMILES string of the molecule is O=C(O)Cc1ccc(Cc2cc(F)ccc2-c2ccsc2)cc1. The fourth-order valence-electron chi connectivity index (χ4n) is 2.58. The first kappa shape index (κ1) is 15.4. The average molecular weight is 326 g/mol. The molecule has 0 fully saturated rings. The van der Waals surface area contributed by atoms with Crippen molar-refractivity contribution in [2.24, 2.45) is 0 Å². The van der Waals surface area contributed by atoms with E-state index in [0.717, 1.165) is 27.8 Å². The van der Waals surface area contributed by atoms with Crippen LogP contribution in [0, 0.1) is 5.82 Å². The minimum Gasteiger partial charge on any atom is -0.481 e. The van der Waals surface area contributed by atoms with Gasteiger partial charge in [0, 0.05) is 0 Å². The van der Waals surface area contributed by atoms with Gasteiger partial charge in [0.2, 0.25) is 0 Å². The van der Waals surface area contributed by atoms with Gasteiger partial charge in [0.05, 0.1) is 6.42 Å². The van der Waals surface area contributed by atoms with Crippen molar-refractivity contribution in [2.45, 2.75) is 12.8 Å². The first-order valence-corrected chi connectivity index (χ1v) is 8.17. The van der Waals surface area contributed by atoms with E-state index in [-0.39, 0.29) is 12.2 Å². The molecule has 0 radical (unpaired) electrons. The molecule has 0 aliphatic carbocycles. The van der Waals surface area contributed by atoms with Crippen LogP contribution in [-0.2, 0) is 17.6 Å². The molecular weight excluding hydrogens is 311 g/mol. The van der Waals surface area contributed by atoms with Gasteiger partial charge in [0.25, 0.3) is 0 Å². The van der Waals surface area contributed by atoms with Gasteiger partial charge in [-0.1, -0.05) is 30.3 Å². The van der Waals surface area contributed by atoms with Gasteiger partial charge in [-0.3, -0.25) is 4.79 Å². The van der Waals surface area contributed by atoms with Gasteiger partial charge in [-0.15, -0.1) is 0 Å². The molecule has 0 aliphatic heterocycles. The lowest BCUT2D eigenvalue weighted by molar-refractivity contribution is -0.136. The van der Waals surface area contributed by atoms with Crippen molar-refractivity contribution in [2.75, 3.05) is 0 Å². The molecule has 1 N–H and O–H groups in total. The Bertz CT molecular complexity index is 808. The molecule has 23 heavy (non-hydrogen) atoms. The second kappa shape index (κ2) is 6.75. The summed E-state index contributed by atoms with van der Waals surface area (Å²) < 4.78 is 13.6. The summed E-state index contributed by atoms with van der Waals surface area (Å²) in [6.07, 6.45) is 0.622. The van der Waals surface area contributed by atoms with Crippen LogP contribution in [0.25, 0.3) is 11.1 Å². The summed E-state index contributed by atoms with van der Waals surface area (Å²) in [6, 6.07) is 14.3. The van der Waals surface area contributed by atoms with E-state index in [9.17, 15) is 9.18 Å². The maximum Gasteiger partial charge on any atom is 0.307 e. The quantitative estimate of drug-likeness (QED) is 0.733. The molecular formula is C19H15FO2S. The standard InChI is InChI=1S/C19H15FO2S/c20-17-5-6-18(15-7-8-23-12-15)16(11-17)9-13-1-3-14(4-2-13)10-19(21)22/h1-8,11-12H,9-10H2,(H,21,22). The molecule has 1 heterocycles. The number of benzene rings is 2. The molecule has 0 saturated heterocycles. The number of halogens is 1. The van der Waals surface area contributed by atoms with Gasteiger partial charge in [-0.25, -0.2) is 4.39 Å². The lowest BCUT2D eigenvalue weighted by Crippen LogP contribution is -2.00. The Morgan fingerprint density at radius 3 is 2.43 bits per heavy atom. The van der Waals surface area contributed by atoms with Crippen molar-refractivity contribution in [3.8, 4) is 11.1 Å². The third kappa shape index (κ3) is 3.85. The molecule has 2 nitrogen and oxygen atoms in total. The van der Waals surface area contributed by atoms with E-state index < -0.39 is 5.97 Å². The van der Waals surface area contributed by atoms with Gasteiger partial charge in [-0.05, 0) is 63.2 Å². The normalized spacial score (nSPS) is 10.7. The largest absolute Gasteiger partial charge is 0.481 e. The van der Waals surface area contributed by atoms with E-state index in [0.29, 0.717) is 6.42 Å². The molecule has 0 aliphatic rings. The van der Waals surface area contributed by atoms with Crippen molar-refractivity contribution < 1.29 is 14.3 Å². The third-order valence-electron chi connectivity index (χ3n) is 3.67. The summed E-state index contributed by atoms with van der Waals surface area (Å²) in [6.45, 7) is 0. The molecule has 0 unspecified atom stereocenters. The highest BCUT2D eigenvalue weighted by atomic mass is 32.1. The van der Waals surface area contributed by atoms with Gasteiger partial charge >= 0.3 is 5.97 Å². The lowest BCUT2D eigenvalue weighted by Gasteiger charge is -2.09. The molecule has 0 saturated carbocycles. The number of hydrogen-bond acceptors (Lipinski definition) is 2. The minimum absolute atomic E-state index is 0.0143. The van der Waals surface area contributed by atoms with Crippen LogP contribution >= 0.6 is 11.3 Å². The lowest BCUT2D eigenvalue weighted by atomic mass is 9.95. The minimum atomic E-state index is -0.845. The summed E-state index contributed by atoms with van der Waals surface area (Å²) in [7, 11) is 0. The highest BCUT2D eigenvalue weighted by molar-refractivity contribution is 7.08. The summed E-state index contributed by atoms with van der Waals surface area (Å²) >= 11 is 1.61. The Balaban J connectivity index is 1.87. The van der Waals surface area contributed by atoms with Gasteiger partial charge in [-0.2, -0.15) is 11.3 Å². The summed E-state index contributed by atoms with van der Waals surface area (Å²) in [4.78, 5) is 10.7. The Morgan fingerprint density at radius 2 is 1.78 bits per heavy atom. The van der Waals surface area contributed by atoms with Crippen LogP contribution < -0.4 is 0 Å². The second-order valence-electron chi connectivity index (χ2n) is 5.38. The van der Waals surface area contributed by atoms with Crippen LogP contribution in [0.3, 0.4) is 0 Å². The molecule has 1 aromatic heterocycles. The van der Waals surface area contributed by atoms with Crippen LogP contribution in [0.5, 0.6) is 0 Å². The number of carbonyl (C=O) groups is 1. The van der Waals surface area contributed by atoms with Crippen molar-refractivity contribution in [1.82, 2.24) is 0 Å². The van der Waals surface area contributed by atoms with Crippen LogP contribution in [0.1, 0.15) is 16.7 Å². The third-order valence-corrected chi connectivity index (χ3v) is 4.36. The number of thiophene rings is 1. The molecule has 0 amide bonds. The number of hydrogen-bond donors (Lipinski definition) is 1. The van der Waals surface area contributed by atoms with E-state index in [1.54, 1.807) is 17.4 Å². The molecule has 0 atom stereocenters. The molecule has 4 heteroatoms. The summed E-state index contributed by atoms with van der Waals surface area (Å²) in [5, 5.41) is 12.9. The first-order chi connectivity index (χ1) is 11.1. The molecule has 0 bridgehead atoms. The second-order valence-corrected chi connectivity index (χ2v) is 6.16. The predicted molar refractivity (Wildman–Crippen MR) is 90.3 cm³/mol. The zero-order valence-electron chi connectivity index (χ0n) is 12.3. The van der Waals surface area contributed by atoms with E-state index in [1.165, 1.54) is 6.07 Å². The smallest absolute Gasteiger partial charge is 0.307 e. The fraction of sp³-hybridized carbons (Fsp3) is 0.105. The highest BCUT2D eigenvalue weighted by Crippen LogP contribution is 2.28. The topological polar surface area (TPSA) is 37.3 Å². The number of rotatable bonds is 5. The van der Waals surface area contributed by atoms with Crippen LogP contribution in [-0.4, -0.2) is 11.1 Å². The van der Waals surface area contributed by atoms with Crippen LogP contribution in [0.15, 0.2) is 59.3 Å². The van der Waals surface area contributed by atoms with Crippen molar-refractivity contribution in [3.05, 3.63) is 81.8 Å². The zero-order valence-corrected chi connectivity index (χ0v) is 13.1. The van der Waals surface area contributed by atoms with Crippen molar-refractivity contribution in [3.63, 3.8) is 0 Å². The van der Waals surface area contributed by atoms with E-state index in [4.69, 9.17) is 5.11 Å². The van der Waals surface area contributed by atoms with Gasteiger partial charge in [0.15, 0.2) is 0 Å². The van der Waals surface area contributed by atoms with Crippen LogP contribution in [0.4, 0.5) is 4.39 Å². The fourth-order valence-corrected chi connectivity index (χ4v) is 3.23. The monoisotopic (exact) mass is 326 g/mol. The maximum absolute atomic E-state index is 13.6. The molecule has 116 valence electrons. The average Bonchev–Trinajstić information content (AvgIpc) is 3.03. The molecule has 0 spiro atoms. The van der Waals surface area contributed by atoms with Crippen molar-refractivity contribution in [1.29, 1.82) is 0 Å². The summed E-state index contributed by atoms with van der Waals surface area (Å²) in [5.41, 5.74) is 4.84. The first-order valence-electron chi connectivity index (χ1n) is 7.22. The van der Waals surface area contributed by atoms with Gasteiger partial charge < -0.3 is 5.11 Å². The number of carboxylic acid groups (broad SMARTS) is 1. The molecule has 2 aromatic carbocycles. The Hall–Kier alpha value is -2.46. The summed E-state index contributed by atoms with van der Waals surface area (Å²) in [5.74, 6) is -1.09. The number of aliphatic carboxylic acids is 1. The Morgan fingerprint density at radius 1 is 1.04 bits per heavy atom. The highest BCUT2D eigenvalue weighted by Gasteiger charge is 2.09. The predicted octanol–water partition coefficient (Wildman–Crippen LogP) is 4.77. The van der Waals surface area contributed by atoms with E-state index in [1.807, 2.05) is 47.2 Å². The maximum atomic E-state index is 13.6. The van der Waals surface area contributed by atoms with Crippen LogP contribution in [0.2, 0.25) is 0 Å².